The zero-order chi connectivity index (χ0) is 16.8. The molecule has 0 bridgehead atoms. The van der Waals surface area contributed by atoms with Gasteiger partial charge in [0.25, 0.3) is 0 Å². The van der Waals surface area contributed by atoms with Gasteiger partial charge in [0.1, 0.15) is 5.76 Å². The largest absolute Gasteiger partial charge is 0.461 e. The summed E-state index contributed by atoms with van der Waals surface area (Å²) >= 11 is 0. The van der Waals surface area contributed by atoms with E-state index in [1.807, 2.05) is 30.3 Å². The van der Waals surface area contributed by atoms with Crippen molar-refractivity contribution >= 4 is 22.6 Å². The molecule has 1 N–H and O–H groups in total. The van der Waals surface area contributed by atoms with Crippen molar-refractivity contribution in [3.05, 3.63) is 54.0 Å². The van der Waals surface area contributed by atoms with Crippen molar-refractivity contribution in [3.8, 4) is 0 Å². The van der Waals surface area contributed by atoms with E-state index in [4.69, 9.17) is 9.26 Å². The Balaban J connectivity index is 1.53. The number of pyridine rings is 1. The van der Waals surface area contributed by atoms with E-state index in [1.54, 1.807) is 19.2 Å². The standard InChI is InChI=1S/C18H19N3O3/c1-2-23-18(22)16-12-14(24-21-16)8-5-10-19-15-9-3-6-13-7-4-11-20-17(13)15/h3-4,6-7,9,11-12,19H,2,5,8,10H2,1H3. The lowest BCUT2D eigenvalue weighted by atomic mass is 10.2. The maximum atomic E-state index is 11.5. The van der Waals surface area contributed by atoms with Crippen LogP contribution in [0.25, 0.3) is 10.9 Å². The summed E-state index contributed by atoms with van der Waals surface area (Å²) in [5.74, 6) is 0.225. The number of hydrogen-bond donors (Lipinski definition) is 1. The summed E-state index contributed by atoms with van der Waals surface area (Å²) in [4.78, 5) is 15.9. The minimum atomic E-state index is -0.451. The van der Waals surface area contributed by atoms with Gasteiger partial charge in [0.15, 0.2) is 5.69 Å². The third-order valence-electron chi connectivity index (χ3n) is 3.59. The maximum Gasteiger partial charge on any atom is 0.360 e. The molecule has 0 unspecified atom stereocenters. The lowest BCUT2D eigenvalue weighted by molar-refractivity contribution is 0.0514. The van der Waals surface area contributed by atoms with Crippen molar-refractivity contribution < 1.29 is 14.1 Å². The average Bonchev–Trinajstić information content (AvgIpc) is 3.08. The second-order valence-electron chi connectivity index (χ2n) is 5.31. The van der Waals surface area contributed by atoms with Crippen LogP contribution in [0.15, 0.2) is 47.1 Å². The van der Waals surface area contributed by atoms with Crippen LogP contribution < -0.4 is 5.32 Å². The average molecular weight is 325 g/mol. The van der Waals surface area contributed by atoms with Gasteiger partial charge in [0.2, 0.25) is 0 Å². The third-order valence-corrected chi connectivity index (χ3v) is 3.59. The summed E-state index contributed by atoms with van der Waals surface area (Å²) < 4.78 is 10.0. The number of aromatic nitrogens is 2. The maximum absolute atomic E-state index is 11.5. The fourth-order valence-electron chi connectivity index (χ4n) is 2.46. The van der Waals surface area contributed by atoms with Crippen LogP contribution in [-0.2, 0) is 11.2 Å². The molecule has 3 rings (SSSR count). The number of rotatable bonds is 7. The second kappa shape index (κ2) is 7.59. The summed E-state index contributed by atoms with van der Waals surface area (Å²) in [5.41, 5.74) is 2.19. The van der Waals surface area contributed by atoms with Crippen molar-refractivity contribution in [1.29, 1.82) is 0 Å². The highest BCUT2D eigenvalue weighted by Crippen LogP contribution is 2.20. The van der Waals surface area contributed by atoms with Crippen LogP contribution in [0.2, 0.25) is 0 Å². The molecule has 0 aliphatic rings. The van der Waals surface area contributed by atoms with Crippen molar-refractivity contribution in [2.45, 2.75) is 19.8 Å². The molecule has 0 atom stereocenters. The van der Waals surface area contributed by atoms with E-state index in [1.165, 1.54) is 0 Å². The molecule has 124 valence electrons. The van der Waals surface area contributed by atoms with Crippen molar-refractivity contribution in [2.24, 2.45) is 0 Å². The number of ether oxygens (including phenoxy) is 1. The van der Waals surface area contributed by atoms with Gasteiger partial charge >= 0.3 is 5.97 Å². The molecule has 0 spiro atoms. The van der Waals surface area contributed by atoms with E-state index in [0.29, 0.717) is 18.8 Å². The molecule has 0 radical (unpaired) electrons. The molecule has 0 saturated heterocycles. The molecule has 0 fully saturated rings. The predicted molar refractivity (Wildman–Crippen MR) is 91.0 cm³/mol. The van der Waals surface area contributed by atoms with Crippen LogP contribution in [0, 0.1) is 0 Å². The highest BCUT2D eigenvalue weighted by atomic mass is 16.5. The molecule has 1 aromatic carbocycles. The smallest absolute Gasteiger partial charge is 0.360 e. The summed E-state index contributed by atoms with van der Waals surface area (Å²) in [6.45, 7) is 2.85. The Morgan fingerprint density at radius 3 is 3.04 bits per heavy atom. The minimum Gasteiger partial charge on any atom is -0.461 e. The van der Waals surface area contributed by atoms with Gasteiger partial charge in [-0.1, -0.05) is 23.4 Å². The summed E-state index contributed by atoms with van der Waals surface area (Å²) in [7, 11) is 0. The first-order valence-electron chi connectivity index (χ1n) is 7.98. The highest BCUT2D eigenvalue weighted by Gasteiger charge is 2.13. The molecular formula is C18H19N3O3. The number of esters is 1. The molecule has 6 nitrogen and oxygen atoms in total. The molecular weight excluding hydrogens is 306 g/mol. The summed E-state index contributed by atoms with van der Waals surface area (Å²) in [5, 5.41) is 8.23. The number of nitrogens with one attached hydrogen (secondary N) is 1. The molecule has 2 heterocycles. The Bertz CT molecular complexity index is 824. The van der Waals surface area contributed by atoms with E-state index in [9.17, 15) is 4.79 Å². The predicted octanol–water partition coefficient (Wildman–Crippen LogP) is 3.44. The first-order chi connectivity index (χ1) is 11.8. The quantitative estimate of drug-likeness (QED) is 0.529. The molecule has 0 aliphatic carbocycles. The number of para-hydroxylation sites is 1. The first kappa shape index (κ1) is 16.0. The van der Waals surface area contributed by atoms with E-state index >= 15 is 0 Å². The third kappa shape index (κ3) is 3.71. The first-order valence-corrected chi connectivity index (χ1v) is 7.98. The zero-order valence-electron chi connectivity index (χ0n) is 13.5. The van der Waals surface area contributed by atoms with Crippen LogP contribution in [0.5, 0.6) is 0 Å². The zero-order valence-corrected chi connectivity index (χ0v) is 13.5. The van der Waals surface area contributed by atoms with E-state index < -0.39 is 5.97 Å². The highest BCUT2D eigenvalue weighted by molar-refractivity contribution is 5.90. The van der Waals surface area contributed by atoms with Gasteiger partial charge in [-0.05, 0) is 25.5 Å². The Morgan fingerprint density at radius 1 is 1.29 bits per heavy atom. The van der Waals surface area contributed by atoms with Crippen molar-refractivity contribution in [1.82, 2.24) is 10.1 Å². The second-order valence-corrected chi connectivity index (χ2v) is 5.31. The summed E-state index contributed by atoms with van der Waals surface area (Å²) in [6, 6.07) is 11.7. The molecule has 3 aromatic rings. The lowest BCUT2D eigenvalue weighted by Crippen LogP contribution is -2.04. The molecule has 0 saturated carbocycles. The van der Waals surface area contributed by atoms with Crippen LogP contribution in [0.4, 0.5) is 5.69 Å². The van der Waals surface area contributed by atoms with Crippen LogP contribution in [0.1, 0.15) is 29.6 Å². The van der Waals surface area contributed by atoms with Gasteiger partial charge in [-0.3, -0.25) is 4.98 Å². The van der Waals surface area contributed by atoms with Crippen LogP contribution in [-0.4, -0.2) is 29.3 Å². The SMILES string of the molecule is CCOC(=O)c1cc(CCCNc2cccc3cccnc23)on1. The van der Waals surface area contributed by atoms with Gasteiger partial charge in [-0.2, -0.15) is 0 Å². The van der Waals surface area contributed by atoms with Gasteiger partial charge in [0, 0.05) is 30.6 Å². The van der Waals surface area contributed by atoms with Crippen LogP contribution in [0.3, 0.4) is 0 Å². The Hall–Kier alpha value is -2.89. The Labute approximate surface area is 139 Å². The molecule has 2 aromatic heterocycles. The molecule has 0 aliphatic heterocycles. The monoisotopic (exact) mass is 325 g/mol. The van der Waals surface area contributed by atoms with Gasteiger partial charge in [0.05, 0.1) is 17.8 Å². The van der Waals surface area contributed by atoms with Crippen LogP contribution >= 0.6 is 0 Å². The minimum absolute atomic E-state index is 0.220. The van der Waals surface area contributed by atoms with Crippen molar-refractivity contribution in [2.75, 3.05) is 18.5 Å². The number of benzene rings is 1. The molecule has 0 amide bonds. The number of nitrogens with zero attached hydrogens (tertiary/aromatic N) is 2. The number of carbonyl (C=O) groups excluding carboxylic acids is 1. The number of aryl methyl sites for hydroxylation is 1. The normalized spacial score (nSPS) is 10.7. The summed E-state index contributed by atoms with van der Waals surface area (Å²) in [6.07, 6.45) is 3.33. The fourth-order valence-corrected chi connectivity index (χ4v) is 2.46. The van der Waals surface area contributed by atoms with E-state index in [2.05, 4.69) is 15.5 Å². The van der Waals surface area contributed by atoms with Gasteiger partial charge in [-0.25, -0.2) is 4.79 Å². The Kier molecular flexibility index (Phi) is 5.05. The fraction of sp³-hybridized carbons (Fsp3) is 0.278. The molecule has 6 heteroatoms. The number of hydrogen-bond acceptors (Lipinski definition) is 6. The Morgan fingerprint density at radius 2 is 2.17 bits per heavy atom. The van der Waals surface area contributed by atoms with E-state index in [0.717, 1.165) is 29.6 Å². The topological polar surface area (TPSA) is 77.2 Å². The number of carbonyl (C=O) groups is 1. The molecule has 24 heavy (non-hydrogen) atoms. The van der Waals surface area contributed by atoms with E-state index in [-0.39, 0.29) is 5.69 Å². The number of anilines is 1. The number of fused-ring (bicyclic) bond motifs is 1. The van der Waals surface area contributed by atoms with Gasteiger partial charge in [-0.15, -0.1) is 0 Å². The van der Waals surface area contributed by atoms with Gasteiger partial charge < -0.3 is 14.6 Å². The van der Waals surface area contributed by atoms with Crippen molar-refractivity contribution in [3.63, 3.8) is 0 Å². The lowest BCUT2D eigenvalue weighted by Gasteiger charge is -2.08.